The lowest BCUT2D eigenvalue weighted by atomic mass is 10.1. The van der Waals surface area contributed by atoms with Crippen molar-refractivity contribution in [2.45, 2.75) is 13.3 Å². The van der Waals surface area contributed by atoms with Gasteiger partial charge in [0.15, 0.2) is 0 Å². The number of aromatic nitrogens is 1. The van der Waals surface area contributed by atoms with Crippen molar-refractivity contribution < 1.29 is 13.9 Å². The van der Waals surface area contributed by atoms with E-state index in [9.17, 15) is 9.18 Å². The molecule has 0 bridgehead atoms. The zero-order valence-corrected chi connectivity index (χ0v) is 12.9. The highest BCUT2D eigenvalue weighted by Gasteiger charge is 2.14. The highest BCUT2D eigenvalue weighted by atomic mass is 19.1. The van der Waals surface area contributed by atoms with Gasteiger partial charge >= 0.3 is 0 Å². The predicted octanol–water partition coefficient (Wildman–Crippen LogP) is 3.81. The number of carbonyl (C=O) groups is 1. The van der Waals surface area contributed by atoms with Gasteiger partial charge in [-0.1, -0.05) is 12.1 Å². The number of hydrogen-bond donors (Lipinski definition) is 2. The summed E-state index contributed by atoms with van der Waals surface area (Å²) in [4.78, 5) is 15.5. The van der Waals surface area contributed by atoms with Crippen molar-refractivity contribution in [1.82, 2.24) is 4.98 Å². The standard InChI is InChI=1S/C18H17FN2O2/c1-11-13(14-9-12(19)7-8-15(14)20-11)10-18(22)21-16-5-3-4-6-17(16)23-2/h3-9,20H,10H2,1-2H3,(H,21,22). The van der Waals surface area contributed by atoms with Gasteiger partial charge in [-0.3, -0.25) is 4.79 Å². The van der Waals surface area contributed by atoms with Gasteiger partial charge < -0.3 is 15.0 Å². The fourth-order valence-electron chi connectivity index (χ4n) is 2.69. The normalized spacial score (nSPS) is 10.7. The molecule has 0 aliphatic rings. The van der Waals surface area contributed by atoms with Crippen LogP contribution < -0.4 is 10.1 Å². The summed E-state index contributed by atoms with van der Waals surface area (Å²) in [5, 5.41) is 3.57. The van der Waals surface area contributed by atoms with Crippen LogP contribution in [0.2, 0.25) is 0 Å². The maximum atomic E-state index is 13.5. The third-order valence-corrected chi connectivity index (χ3v) is 3.80. The molecule has 3 aromatic rings. The second kappa shape index (κ2) is 6.12. The van der Waals surface area contributed by atoms with Crippen LogP contribution in [0.4, 0.5) is 10.1 Å². The molecule has 1 amide bonds. The van der Waals surface area contributed by atoms with Gasteiger partial charge in [-0.15, -0.1) is 0 Å². The van der Waals surface area contributed by atoms with Crippen LogP contribution in [0.3, 0.4) is 0 Å². The van der Waals surface area contributed by atoms with Gasteiger partial charge in [-0.25, -0.2) is 4.39 Å². The highest BCUT2D eigenvalue weighted by molar-refractivity contribution is 5.97. The van der Waals surface area contributed by atoms with E-state index in [1.165, 1.54) is 12.1 Å². The Labute approximate surface area is 133 Å². The molecular weight excluding hydrogens is 295 g/mol. The maximum Gasteiger partial charge on any atom is 0.228 e. The summed E-state index contributed by atoms with van der Waals surface area (Å²) in [6, 6.07) is 11.7. The number of ether oxygens (including phenoxy) is 1. The number of H-pyrrole nitrogens is 1. The largest absolute Gasteiger partial charge is 0.495 e. The number of methoxy groups -OCH3 is 1. The van der Waals surface area contributed by atoms with Crippen molar-refractivity contribution in [3.63, 3.8) is 0 Å². The zero-order valence-electron chi connectivity index (χ0n) is 12.9. The lowest BCUT2D eigenvalue weighted by molar-refractivity contribution is -0.115. The smallest absolute Gasteiger partial charge is 0.228 e. The number of amides is 1. The molecule has 5 heteroatoms. The molecule has 0 saturated heterocycles. The second-order valence-corrected chi connectivity index (χ2v) is 5.34. The molecule has 0 fully saturated rings. The first-order chi connectivity index (χ1) is 11.1. The number of fused-ring (bicyclic) bond motifs is 1. The quantitative estimate of drug-likeness (QED) is 0.770. The third-order valence-electron chi connectivity index (χ3n) is 3.80. The molecule has 3 rings (SSSR count). The number of hydrogen-bond acceptors (Lipinski definition) is 2. The Kier molecular flexibility index (Phi) is 4.02. The van der Waals surface area contributed by atoms with Crippen molar-refractivity contribution in [3.05, 3.63) is 59.5 Å². The number of para-hydroxylation sites is 2. The summed E-state index contributed by atoms with van der Waals surface area (Å²) >= 11 is 0. The van der Waals surface area contributed by atoms with E-state index in [-0.39, 0.29) is 18.1 Å². The molecule has 118 valence electrons. The molecule has 1 aromatic heterocycles. The number of rotatable bonds is 4. The van der Waals surface area contributed by atoms with Gasteiger partial charge in [-0.05, 0) is 42.8 Å². The number of halogens is 1. The minimum Gasteiger partial charge on any atom is -0.495 e. The minimum absolute atomic E-state index is 0.160. The summed E-state index contributed by atoms with van der Waals surface area (Å²) in [5.74, 6) is 0.105. The molecule has 2 N–H and O–H groups in total. The summed E-state index contributed by atoms with van der Waals surface area (Å²) in [5.41, 5.74) is 3.10. The number of nitrogens with one attached hydrogen (secondary N) is 2. The molecule has 0 radical (unpaired) electrons. The number of carbonyl (C=O) groups excluding carboxylic acids is 1. The van der Waals surface area contributed by atoms with Gasteiger partial charge in [0.05, 0.1) is 19.2 Å². The maximum absolute atomic E-state index is 13.5. The van der Waals surface area contributed by atoms with E-state index in [0.717, 1.165) is 22.2 Å². The molecular formula is C18H17FN2O2. The Morgan fingerprint density at radius 2 is 2.04 bits per heavy atom. The van der Waals surface area contributed by atoms with Gasteiger partial charge in [-0.2, -0.15) is 0 Å². The highest BCUT2D eigenvalue weighted by Crippen LogP contribution is 2.26. The van der Waals surface area contributed by atoms with Gasteiger partial charge in [0.1, 0.15) is 11.6 Å². The van der Waals surface area contributed by atoms with Crippen LogP contribution in [0.25, 0.3) is 10.9 Å². The number of aryl methyl sites for hydroxylation is 1. The molecule has 0 spiro atoms. The molecule has 0 aliphatic carbocycles. The fraction of sp³-hybridized carbons (Fsp3) is 0.167. The van der Waals surface area contributed by atoms with E-state index in [1.807, 2.05) is 19.1 Å². The number of aromatic amines is 1. The molecule has 0 atom stereocenters. The predicted molar refractivity (Wildman–Crippen MR) is 88.3 cm³/mol. The van der Waals surface area contributed by atoms with Gasteiger partial charge in [0.25, 0.3) is 0 Å². The second-order valence-electron chi connectivity index (χ2n) is 5.34. The molecule has 4 nitrogen and oxygen atoms in total. The van der Waals surface area contributed by atoms with E-state index >= 15 is 0 Å². The van der Waals surface area contributed by atoms with Crippen molar-refractivity contribution >= 4 is 22.5 Å². The molecule has 1 heterocycles. The van der Waals surface area contributed by atoms with Crippen molar-refractivity contribution in [2.75, 3.05) is 12.4 Å². The van der Waals surface area contributed by atoms with Crippen LogP contribution in [0, 0.1) is 12.7 Å². The van der Waals surface area contributed by atoms with E-state index in [2.05, 4.69) is 10.3 Å². The van der Waals surface area contributed by atoms with Gasteiger partial charge in [0.2, 0.25) is 5.91 Å². The van der Waals surface area contributed by atoms with Crippen LogP contribution in [0.5, 0.6) is 5.75 Å². The van der Waals surface area contributed by atoms with Crippen LogP contribution in [0.15, 0.2) is 42.5 Å². The minimum atomic E-state index is -0.317. The average molecular weight is 312 g/mol. The third kappa shape index (κ3) is 3.04. The van der Waals surface area contributed by atoms with Crippen LogP contribution in [-0.4, -0.2) is 18.0 Å². The zero-order chi connectivity index (χ0) is 16.4. The first kappa shape index (κ1) is 15.1. The average Bonchev–Trinajstić information content (AvgIpc) is 2.83. The Morgan fingerprint density at radius 1 is 1.26 bits per heavy atom. The molecule has 2 aromatic carbocycles. The Balaban J connectivity index is 1.86. The summed E-state index contributed by atoms with van der Waals surface area (Å²) in [6.45, 7) is 1.88. The van der Waals surface area contributed by atoms with Crippen LogP contribution >= 0.6 is 0 Å². The van der Waals surface area contributed by atoms with Crippen LogP contribution in [0.1, 0.15) is 11.3 Å². The Hall–Kier alpha value is -2.82. The Morgan fingerprint density at radius 3 is 2.83 bits per heavy atom. The summed E-state index contributed by atoms with van der Waals surface area (Å²) in [7, 11) is 1.55. The van der Waals surface area contributed by atoms with Gasteiger partial charge in [0, 0.05) is 16.6 Å². The van der Waals surface area contributed by atoms with E-state index in [0.29, 0.717) is 11.4 Å². The Bertz CT molecular complexity index is 871. The monoisotopic (exact) mass is 312 g/mol. The van der Waals surface area contributed by atoms with E-state index in [4.69, 9.17) is 4.74 Å². The summed E-state index contributed by atoms with van der Waals surface area (Å²) in [6.07, 6.45) is 0.160. The topological polar surface area (TPSA) is 54.1 Å². The van der Waals surface area contributed by atoms with Crippen molar-refractivity contribution in [2.24, 2.45) is 0 Å². The number of anilines is 1. The first-order valence-corrected chi connectivity index (χ1v) is 7.28. The van der Waals surface area contributed by atoms with E-state index in [1.54, 1.807) is 25.3 Å². The fourth-order valence-corrected chi connectivity index (χ4v) is 2.69. The lowest BCUT2D eigenvalue weighted by Gasteiger charge is -2.10. The van der Waals surface area contributed by atoms with E-state index < -0.39 is 0 Å². The lowest BCUT2D eigenvalue weighted by Crippen LogP contribution is -2.15. The molecule has 0 unspecified atom stereocenters. The molecule has 23 heavy (non-hydrogen) atoms. The van der Waals surface area contributed by atoms with Crippen molar-refractivity contribution in [3.8, 4) is 5.75 Å². The van der Waals surface area contributed by atoms with Crippen LogP contribution in [-0.2, 0) is 11.2 Å². The van der Waals surface area contributed by atoms with Crippen molar-refractivity contribution in [1.29, 1.82) is 0 Å². The first-order valence-electron chi connectivity index (χ1n) is 7.28. The molecule has 0 aliphatic heterocycles. The SMILES string of the molecule is COc1ccccc1NC(=O)Cc1c(C)[nH]c2ccc(F)cc12. The molecule has 0 saturated carbocycles. The summed E-state index contributed by atoms with van der Waals surface area (Å²) < 4.78 is 18.7. The number of benzene rings is 2.